The third kappa shape index (κ3) is 2.31. The van der Waals surface area contributed by atoms with Crippen molar-refractivity contribution in [2.24, 2.45) is 0 Å². The summed E-state index contributed by atoms with van der Waals surface area (Å²) < 4.78 is 15.5. The minimum absolute atomic E-state index is 0.225. The Morgan fingerprint density at radius 2 is 2.12 bits per heavy atom. The summed E-state index contributed by atoms with van der Waals surface area (Å²) in [6.07, 6.45) is 1.47. The Labute approximate surface area is 141 Å². The second-order valence-corrected chi connectivity index (χ2v) is 6.14. The number of rotatable bonds is 3. The fourth-order valence-electron chi connectivity index (χ4n) is 2.56. The number of hydrogen-bond acceptors (Lipinski definition) is 8. The summed E-state index contributed by atoms with van der Waals surface area (Å²) in [4.78, 5) is 21.7. The lowest BCUT2D eigenvalue weighted by Gasteiger charge is -2.08. The van der Waals surface area contributed by atoms with Gasteiger partial charge in [-0.2, -0.15) is 0 Å². The van der Waals surface area contributed by atoms with Crippen LogP contribution in [0.1, 0.15) is 15.2 Å². The summed E-state index contributed by atoms with van der Waals surface area (Å²) in [7, 11) is 1.36. The summed E-state index contributed by atoms with van der Waals surface area (Å²) in [6.45, 7) is 2.09. The molecule has 8 heteroatoms. The number of benzene rings is 1. The van der Waals surface area contributed by atoms with Crippen molar-refractivity contribution < 1.29 is 19.0 Å². The number of carbonyl (C=O) groups is 1. The third-order valence-electron chi connectivity index (χ3n) is 3.73. The summed E-state index contributed by atoms with van der Waals surface area (Å²) in [6, 6.07) is 5.56. The van der Waals surface area contributed by atoms with Crippen molar-refractivity contribution in [3.63, 3.8) is 0 Å². The van der Waals surface area contributed by atoms with Gasteiger partial charge in [0.1, 0.15) is 21.9 Å². The van der Waals surface area contributed by atoms with Crippen molar-refractivity contribution in [1.29, 1.82) is 0 Å². The Morgan fingerprint density at radius 3 is 2.96 bits per heavy atom. The van der Waals surface area contributed by atoms with Gasteiger partial charge < -0.3 is 19.5 Å². The predicted octanol–water partition coefficient (Wildman–Crippen LogP) is 3.26. The number of esters is 1. The van der Waals surface area contributed by atoms with Crippen molar-refractivity contribution >= 4 is 39.0 Å². The van der Waals surface area contributed by atoms with Crippen LogP contribution in [0.15, 0.2) is 24.5 Å². The lowest BCUT2D eigenvalue weighted by molar-refractivity contribution is 0.0605. The second-order valence-electron chi connectivity index (χ2n) is 5.14. The predicted molar refractivity (Wildman–Crippen MR) is 89.3 cm³/mol. The van der Waals surface area contributed by atoms with Crippen LogP contribution in [0.25, 0.3) is 10.2 Å². The average Bonchev–Trinajstić information content (AvgIpc) is 3.19. The number of hydrogen-bond donors (Lipinski definition) is 1. The molecule has 2 aromatic heterocycles. The topological polar surface area (TPSA) is 82.6 Å². The molecule has 4 rings (SSSR count). The standard InChI is InChI=1S/C16H13N3O4S/c1-8-12-14(17-6-18-15(12)24-13(8)16(20)21-2)19-9-3-4-10-11(5-9)23-7-22-10/h3-6H,7H2,1-2H3,(H,17,18,19). The molecular weight excluding hydrogens is 330 g/mol. The lowest BCUT2D eigenvalue weighted by atomic mass is 10.2. The first-order valence-electron chi connectivity index (χ1n) is 7.16. The van der Waals surface area contributed by atoms with Crippen molar-refractivity contribution in [2.75, 3.05) is 19.2 Å². The van der Waals surface area contributed by atoms with E-state index in [2.05, 4.69) is 15.3 Å². The molecule has 0 bridgehead atoms. The van der Waals surface area contributed by atoms with E-state index in [0.29, 0.717) is 22.2 Å². The SMILES string of the molecule is COC(=O)c1sc2ncnc(Nc3ccc4c(c3)OCO4)c2c1C. The molecular formula is C16H13N3O4S. The van der Waals surface area contributed by atoms with Gasteiger partial charge in [0.2, 0.25) is 6.79 Å². The minimum atomic E-state index is -0.371. The molecule has 24 heavy (non-hydrogen) atoms. The van der Waals surface area contributed by atoms with E-state index in [1.807, 2.05) is 25.1 Å². The molecule has 0 spiro atoms. The van der Waals surface area contributed by atoms with Gasteiger partial charge in [-0.1, -0.05) is 0 Å². The number of nitrogens with zero attached hydrogens (tertiary/aromatic N) is 2. The van der Waals surface area contributed by atoms with Gasteiger partial charge in [0.05, 0.1) is 12.5 Å². The van der Waals surface area contributed by atoms with E-state index >= 15 is 0 Å². The van der Waals surface area contributed by atoms with Gasteiger partial charge in [-0.15, -0.1) is 11.3 Å². The highest BCUT2D eigenvalue weighted by Crippen LogP contribution is 2.37. The molecule has 0 saturated carbocycles. The number of fused-ring (bicyclic) bond motifs is 2. The van der Waals surface area contributed by atoms with Gasteiger partial charge >= 0.3 is 5.97 Å². The quantitative estimate of drug-likeness (QED) is 0.731. The summed E-state index contributed by atoms with van der Waals surface area (Å²) in [5.41, 5.74) is 1.61. The van der Waals surface area contributed by atoms with Crippen LogP contribution in [-0.4, -0.2) is 29.8 Å². The van der Waals surface area contributed by atoms with Crippen LogP contribution in [0.5, 0.6) is 11.5 Å². The van der Waals surface area contributed by atoms with Gasteiger partial charge in [-0.3, -0.25) is 0 Å². The molecule has 1 aliphatic heterocycles. The van der Waals surface area contributed by atoms with E-state index in [-0.39, 0.29) is 12.8 Å². The fraction of sp³-hybridized carbons (Fsp3) is 0.188. The zero-order chi connectivity index (χ0) is 16.7. The maximum Gasteiger partial charge on any atom is 0.348 e. The molecule has 0 aliphatic carbocycles. The van der Waals surface area contributed by atoms with Crippen molar-refractivity contribution in [1.82, 2.24) is 9.97 Å². The molecule has 0 atom stereocenters. The van der Waals surface area contributed by atoms with E-state index in [4.69, 9.17) is 14.2 Å². The van der Waals surface area contributed by atoms with Gasteiger partial charge in [0.15, 0.2) is 11.5 Å². The molecule has 0 unspecified atom stereocenters. The second kappa shape index (κ2) is 5.64. The number of thiophene rings is 1. The van der Waals surface area contributed by atoms with Gasteiger partial charge in [0, 0.05) is 11.8 Å². The van der Waals surface area contributed by atoms with Crippen LogP contribution < -0.4 is 14.8 Å². The zero-order valence-electron chi connectivity index (χ0n) is 13.0. The number of anilines is 2. The molecule has 122 valence electrons. The number of methoxy groups -OCH3 is 1. The van der Waals surface area contributed by atoms with E-state index in [1.165, 1.54) is 24.8 Å². The maximum absolute atomic E-state index is 11.9. The van der Waals surface area contributed by atoms with E-state index < -0.39 is 0 Å². The average molecular weight is 343 g/mol. The van der Waals surface area contributed by atoms with E-state index in [0.717, 1.165) is 21.5 Å². The first-order chi connectivity index (χ1) is 11.7. The third-order valence-corrected chi connectivity index (χ3v) is 4.91. The monoisotopic (exact) mass is 343 g/mol. The maximum atomic E-state index is 11.9. The fourth-order valence-corrected chi connectivity index (χ4v) is 3.63. The number of ether oxygens (including phenoxy) is 3. The highest BCUT2D eigenvalue weighted by molar-refractivity contribution is 7.20. The van der Waals surface area contributed by atoms with Gasteiger partial charge in [0.25, 0.3) is 0 Å². The van der Waals surface area contributed by atoms with Crippen LogP contribution in [0.4, 0.5) is 11.5 Å². The Hall–Kier alpha value is -2.87. The van der Waals surface area contributed by atoms with Crippen molar-refractivity contribution in [3.05, 3.63) is 35.0 Å². The number of aromatic nitrogens is 2. The van der Waals surface area contributed by atoms with Crippen LogP contribution in [-0.2, 0) is 4.74 Å². The smallest absolute Gasteiger partial charge is 0.348 e. The Morgan fingerprint density at radius 1 is 1.29 bits per heavy atom. The van der Waals surface area contributed by atoms with Gasteiger partial charge in [-0.05, 0) is 24.6 Å². The van der Waals surface area contributed by atoms with Gasteiger partial charge in [-0.25, -0.2) is 14.8 Å². The molecule has 3 aromatic rings. The molecule has 1 aliphatic rings. The molecule has 1 aromatic carbocycles. The molecule has 0 fully saturated rings. The lowest BCUT2D eigenvalue weighted by Crippen LogP contribution is -2.00. The zero-order valence-corrected chi connectivity index (χ0v) is 13.8. The Bertz CT molecular complexity index is 954. The highest BCUT2D eigenvalue weighted by atomic mass is 32.1. The summed E-state index contributed by atoms with van der Waals surface area (Å²) in [5, 5.41) is 4.06. The van der Waals surface area contributed by atoms with Crippen LogP contribution in [0.3, 0.4) is 0 Å². The van der Waals surface area contributed by atoms with E-state index in [9.17, 15) is 4.79 Å². The van der Waals surface area contributed by atoms with Crippen LogP contribution in [0.2, 0.25) is 0 Å². The highest BCUT2D eigenvalue weighted by Gasteiger charge is 2.20. The Balaban J connectivity index is 1.76. The van der Waals surface area contributed by atoms with Crippen LogP contribution in [0, 0.1) is 6.92 Å². The largest absolute Gasteiger partial charge is 0.465 e. The number of nitrogens with one attached hydrogen (secondary N) is 1. The molecule has 1 N–H and O–H groups in total. The minimum Gasteiger partial charge on any atom is -0.465 e. The summed E-state index contributed by atoms with van der Waals surface area (Å²) >= 11 is 1.29. The van der Waals surface area contributed by atoms with Crippen molar-refractivity contribution in [2.45, 2.75) is 6.92 Å². The molecule has 0 radical (unpaired) electrons. The Kier molecular flexibility index (Phi) is 3.46. The molecule has 3 heterocycles. The first-order valence-corrected chi connectivity index (χ1v) is 7.98. The summed E-state index contributed by atoms with van der Waals surface area (Å²) in [5.74, 6) is 1.66. The molecule has 7 nitrogen and oxygen atoms in total. The van der Waals surface area contributed by atoms with Crippen molar-refractivity contribution in [3.8, 4) is 11.5 Å². The number of carbonyl (C=O) groups excluding carboxylic acids is 1. The first kappa shape index (κ1) is 14.7. The molecule has 0 saturated heterocycles. The van der Waals surface area contributed by atoms with Crippen LogP contribution >= 0.6 is 11.3 Å². The van der Waals surface area contributed by atoms with E-state index in [1.54, 1.807) is 0 Å². The molecule has 0 amide bonds. The number of aryl methyl sites for hydroxylation is 1. The normalized spacial score (nSPS) is 12.4.